The summed E-state index contributed by atoms with van der Waals surface area (Å²) in [6, 6.07) is 13.4. The predicted molar refractivity (Wildman–Crippen MR) is 80.6 cm³/mol. The Morgan fingerprint density at radius 1 is 1.25 bits per heavy atom. The quantitative estimate of drug-likeness (QED) is 0.813. The summed E-state index contributed by atoms with van der Waals surface area (Å²) in [5.74, 6) is 1.36. The number of nitrogens with one attached hydrogen (secondary N) is 1. The molecule has 4 heteroatoms. The van der Waals surface area contributed by atoms with Gasteiger partial charge in [-0.15, -0.1) is 0 Å². The van der Waals surface area contributed by atoms with Crippen molar-refractivity contribution in [3.63, 3.8) is 0 Å². The van der Waals surface area contributed by atoms with E-state index < -0.39 is 0 Å². The number of para-hydroxylation sites is 1. The molecule has 1 heterocycles. The van der Waals surface area contributed by atoms with E-state index in [1.807, 2.05) is 24.3 Å². The Morgan fingerprint density at radius 3 is 2.85 bits per heavy atom. The van der Waals surface area contributed by atoms with Crippen LogP contribution in [0.3, 0.4) is 0 Å². The molecule has 0 spiro atoms. The Balaban J connectivity index is 1.91. The van der Waals surface area contributed by atoms with Crippen molar-refractivity contribution in [2.24, 2.45) is 5.92 Å². The number of fused-ring (bicyclic) bond motifs is 1. The summed E-state index contributed by atoms with van der Waals surface area (Å²) in [5.41, 5.74) is 2.04. The first-order chi connectivity index (χ1) is 9.65. The van der Waals surface area contributed by atoms with Crippen molar-refractivity contribution >= 4 is 17.3 Å². The fourth-order valence-corrected chi connectivity index (χ4v) is 2.67. The van der Waals surface area contributed by atoms with Gasteiger partial charge in [0.15, 0.2) is 0 Å². The first-order valence-corrected chi connectivity index (χ1v) is 7.00. The third kappa shape index (κ3) is 2.41. The topological polar surface area (TPSA) is 41.5 Å². The summed E-state index contributed by atoms with van der Waals surface area (Å²) in [6.45, 7) is 2.83. The van der Waals surface area contributed by atoms with Crippen molar-refractivity contribution in [3.8, 4) is 11.5 Å². The minimum absolute atomic E-state index is 0.0950. The highest BCUT2D eigenvalue weighted by Crippen LogP contribution is 2.38. The van der Waals surface area contributed by atoms with Crippen LogP contribution in [-0.2, 0) is 0 Å². The van der Waals surface area contributed by atoms with E-state index in [9.17, 15) is 5.11 Å². The summed E-state index contributed by atoms with van der Waals surface area (Å²) in [4.78, 5) is 0. The first kappa shape index (κ1) is 13.1. The highest BCUT2D eigenvalue weighted by atomic mass is 35.5. The lowest BCUT2D eigenvalue weighted by molar-refractivity contribution is 0.214. The van der Waals surface area contributed by atoms with Gasteiger partial charge >= 0.3 is 0 Å². The molecule has 0 bridgehead atoms. The number of hydrogen-bond donors (Lipinski definition) is 2. The number of ether oxygens (including phenoxy) is 1. The number of rotatable bonds is 2. The van der Waals surface area contributed by atoms with Crippen LogP contribution in [0.1, 0.15) is 18.5 Å². The maximum Gasteiger partial charge on any atom is 0.134 e. The molecule has 2 aromatic rings. The van der Waals surface area contributed by atoms with E-state index in [1.165, 1.54) is 0 Å². The van der Waals surface area contributed by atoms with Crippen LogP contribution < -0.4 is 10.1 Å². The lowest BCUT2D eigenvalue weighted by Crippen LogP contribution is -2.28. The highest BCUT2D eigenvalue weighted by Gasteiger charge is 2.27. The van der Waals surface area contributed by atoms with Gasteiger partial charge in [-0.3, -0.25) is 0 Å². The number of hydrogen-bond acceptors (Lipinski definition) is 3. The van der Waals surface area contributed by atoms with E-state index >= 15 is 0 Å². The minimum Gasteiger partial charge on any atom is -0.506 e. The number of phenolic OH excluding ortho intramolecular Hbond substituents is 1. The second-order valence-electron chi connectivity index (χ2n) is 5.11. The molecule has 104 valence electrons. The molecular weight excluding hydrogens is 274 g/mol. The highest BCUT2D eigenvalue weighted by molar-refractivity contribution is 6.32. The Kier molecular flexibility index (Phi) is 3.45. The molecule has 2 unspecified atom stereocenters. The van der Waals surface area contributed by atoms with E-state index in [0.29, 0.717) is 17.5 Å². The van der Waals surface area contributed by atoms with Crippen LogP contribution in [0.2, 0.25) is 5.02 Å². The fraction of sp³-hybridized carbons (Fsp3) is 0.250. The SMILES string of the molecule is CC1COc2ccccc2C1Nc1ccc(O)c(Cl)c1. The zero-order chi connectivity index (χ0) is 14.1. The molecule has 0 saturated carbocycles. The molecule has 0 amide bonds. The molecule has 20 heavy (non-hydrogen) atoms. The zero-order valence-corrected chi connectivity index (χ0v) is 11.9. The van der Waals surface area contributed by atoms with Gasteiger partial charge in [-0.2, -0.15) is 0 Å². The van der Waals surface area contributed by atoms with Crippen LogP contribution in [0, 0.1) is 5.92 Å². The van der Waals surface area contributed by atoms with E-state index in [4.69, 9.17) is 16.3 Å². The third-order valence-electron chi connectivity index (χ3n) is 3.59. The van der Waals surface area contributed by atoms with Crippen LogP contribution in [0.25, 0.3) is 0 Å². The van der Waals surface area contributed by atoms with E-state index in [0.717, 1.165) is 17.0 Å². The van der Waals surface area contributed by atoms with Crippen molar-refractivity contribution in [2.45, 2.75) is 13.0 Å². The molecule has 2 atom stereocenters. The Morgan fingerprint density at radius 2 is 2.05 bits per heavy atom. The summed E-state index contributed by atoms with van der Waals surface area (Å²) in [6.07, 6.45) is 0. The normalized spacial score (nSPS) is 20.9. The van der Waals surface area contributed by atoms with Gasteiger partial charge in [0.1, 0.15) is 11.5 Å². The van der Waals surface area contributed by atoms with E-state index in [1.54, 1.807) is 12.1 Å². The zero-order valence-electron chi connectivity index (χ0n) is 11.1. The Bertz CT molecular complexity index is 630. The maximum atomic E-state index is 9.48. The van der Waals surface area contributed by atoms with Gasteiger partial charge in [0, 0.05) is 17.2 Å². The van der Waals surface area contributed by atoms with Gasteiger partial charge in [-0.1, -0.05) is 36.7 Å². The lowest BCUT2D eigenvalue weighted by atomic mass is 9.92. The molecule has 2 aromatic carbocycles. The van der Waals surface area contributed by atoms with Crippen LogP contribution in [0.5, 0.6) is 11.5 Å². The molecule has 3 nitrogen and oxygen atoms in total. The molecule has 1 aliphatic heterocycles. The predicted octanol–water partition coefficient (Wildman–Crippen LogP) is 4.23. The van der Waals surface area contributed by atoms with Gasteiger partial charge in [0.2, 0.25) is 0 Å². The van der Waals surface area contributed by atoms with Gasteiger partial charge in [0.25, 0.3) is 0 Å². The molecular formula is C16H16ClNO2. The first-order valence-electron chi connectivity index (χ1n) is 6.62. The third-order valence-corrected chi connectivity index (χ3v) is 3.90. The van der Waals surface area contributed by atoms with Gasteiger partial charge in [-0.05, 0) is 24.3 Å². The number of aromatic hydroxyl groups is 1. The van der Waals surface area contributed by atoms with Crippen LogP contribution >= 0.6 is 11.6 Å². The monoisotopic (exact) mass is 289 g/mol. The van der Waals surface area contributed by atoms with Crippen LogP contribution in [0.15, 0.2) is 42.5 Å². The largest absolute Gasteiger partial charge is 0.506 e. The molecule has 0 fully saturated rings. The Hall–Kier alpha value is -1.87. The molecule has 0 aromatic heterocycles. The number of phenols is 1. The average Bonchev–Trinajstić information content (AvgIpc) is 2.46. The van der Waals surface area contributed by atoms with E-state index in [2.05, 4.69) is 18.3 Å². The average molecular weight is 290 g/mol. The van der Waals surface area contributed by atoms with Crippen LogP contribution in [-0.4, -0.2) is 11.7 Å². The van der Waals surface area contributed by atoms with E-state index in [-0.39, 0.29) is 11.8 Å². The Labute approximate surface area is 123 Å². The summed E-state index contributed by atoms with van der Waals surface area (Å²) in [5, 5.41) is 13.3. The minimum atomic E-state index is 0.0950. The summed E-state index contributed by atoms with van der Waals surface area (Å²) >= 11 is 5.95. The molecule has 1 aliphatic rings. The summed E-state index contributed by atoms with van der Waals surface area (Å²) < 4.78 is 5.74. The molecule has 3 rings (SSSR count). The van der Waals surface area contributed by atoms with Crippen molar-refractivity contribution in [1.82, 2.24) is 0 Å². The molecule has 2 N–H and O–H groups in total. The van der Waals surface area contributed by atoms with Crippen molar-refractivity contribution in [3.05, 3.63) is 53.1 Å². The molecule has 0 saturated heterocycles. The number of anilines is 1. The molecule has 0 radical (unpaired) electrons. The van der Waals surface area contributed by atoms with Gasteiger partial charge < -0.3 is 15.2 Å². The summed E-state index contributed by atoms with van der Waals surface area (Å²) in [7, 11) is 0. The fourth-order valence-electron chi connectivity index (χ4n) is 2.49. The smallest absolute Gasteiger partial charge is 0.134 e. The van der Waals surface area contributed by atoms with Crippen molar-refractivity contribution < 1.29 is 9.84 Å². The standard InChI is InChI=1S/C16H16ClNO2/c1-10-9-20-15-5-3-2-4-12(15)16(10)18-11-6-7-14(19)13(17)8-11/h2-8,10,16,18-19H,9H2,1H3. The second kappa shape index (κ2) is 5.25. The van der Waals surface area contributed by atoms with Crippen molar-refractivity contribution in [2.75, 3.05) is 11.9 Å². The van der Waals surface area contributed by atoms with Crippen molar-refractivity contribution in [1.29, 1.82) is 0 Å². The number of benzene rings is 2. The number of halogens is 1. The van der Waals surface area contributed by atoms with Gasteiger partial charge in [0.05, 0.1) is 17.7 Å². The second-order valence-corrected chi connectivity index (χ2v) is 5.52. The molecule has 0 aliphatic carbocycles. The lowest BCUT2D eigenvalue weighted by Gasteiger charge is -2.32. The van der Waals surface area contributed by atoms with Gasteiger partial charge in [-0.25, -0.2) is 0 Å². The maximum absolute atomic E-state index is 9.48. The van der Waals surface area contributed by atoms with Crippen LogP contribution in [0.4, 0.5) is 5.69 Å².